The van der Waals surface area contributed by atoms with Crippen molar-refractivity contribution in [2.75, 3.05) is 18.9 Å². The summed E-state index contributed by atoms with van der Waals surface area (Å²) in [7, 11) is -0.887. The number of fused-ring (bicyclic) bond motifs is 4. The van der Waals surface area contributed by atoms with Crippen molar-refractivity contribution in [3.05, 3.63) is 111 Å². The van der Waals surface area contributed by atoms with E-state index in [1.54, 1.807) is 24.3 Å². The fourth-order valence-electron chi connectivity index (χ4n) is 6.38. The van der Waals surface area contributed by atoms with Crippen LogP contribution in [0.1, 0.15) is 33.9 Å². The van der Waals surface area contributed by atoms with Crippen LogP contribution in [0.5, 0.6) is 5.75 Å². The number of nitrogens with two attached hydrogens (primary N) is 1. The molecule has 18 nitrogen and oxygen atoms in total. The van der Waals surface area contributed by atoms with E-state index >= 15 is 8.78 Å². The van der Waals surface area contributed by atoms with Crippen LogP contribution in [0.2, 0.25) is 0 Å². The van der Waals surface area contributed by atoms with Crippen LogP contribution < -0.4 is 17.0 Å². The molecule has 5 aromatic rings. The van der Waals surface area contributed by atoms with E-state index in [1.807, 2.05) is 0 Å². The van der Waals surface area contributed by atoms with E-state index in [0.29, 0.717) is 32.6 Å². The number of hydrogen-bond acceptors (Lipinski definition) is 16. The van der Waals surface area contributed by atoms with Crippen LogP contribution in [0.15, 0.2) is 83.0 Å². The molecule has 4 unspecified atom stereocenters. The van der Waals surface area contributed by atoms with Gasteiger partial charge in [0, 0.05) is 29.1 Å². The van der Waals surface area contributed by atoms with Gasteiger partial charge in [0.25, 0.3) is 5.56 Å². The Kier molecular flexibility index (Phi) is 10.9. The van der Waals surface area contributed by atoms with Crippen molar-refractivity contribution >= 4 is 50.0 Å². The number of benzene rings is 2. The highest BCUT2D eigenvalue weighted by Crippen LogP contribution is 2.64. The van der Waals surface area contributed by atoms with E-state index in [2.05, 4.69) is 19.9 Å². The maximum absolute atomic E-state index is 16.4. The molecule has 2 aromatic carbocycles. The standard InChI is InChI=1S/C33H31F2N7O11P2S/c34-23-20-11-48-54-52-27-21(51-31(24(27)35)42-22(44)9-10-37-33(42)46)12-49-55(47,53-28(23)32(50-20)41-15-40-25-29(36)38-14-39-30(25)41)56-13-16-1-3-17(4-2-16)26(45)18-5-7-19(43)8-6-18/h1-10,14-15,20-21,23-24,27-28,31-32,43,54H,11-13H2,(H,37,46)(H2,36,38,39)/t20-,21-,23-,24-,27-,28-,31?,32?,55?/m1/s1. The lowest BCUT2D eigenvalue weighted by atomic mass is 10.0. The molecule has 23 heteroatoms. The Labute approximate surface area is 319 Å². The van der Waals surface area contributed by atoms with Gasteiger partial charge >= 0.3 is 12.5 Å². The third-order valence-electron chi connectivity index (χ3n) is 9.21. The number of hydrogen-bond donors (Lipinski definition) is 3. The van der Waals surface area contributed by atoms with Gasteiger partial charge < -0.3 is 34.3 Å². The van der Waals surface area contributed by atoms with Crippen LogP contribution in [0, 0.1) is 0 Å². The molecule has 8 rings (SSSR count). The maximum Gasteiger partial charge on any atom is 0.390 e. The van der Waals surface area contributed by atoms with Gasteiger partial charge in [0.2, 0.25) is 0 Å². The minimum Gasteiger partial charge on any atom is -0.508 e. The van der Waals surface area contributed by atoms with Crippen molar-refractivity contribution < 1.29 is 50.8 Å². The molecular weight excluding hydrogens is 802 g/mol. The average Bonchev–Trinajstić information content (AvgIpc) is 3.85. The SMILES string of the molecule is Nc1ncnc2c1ncn2C1O[C@@H]2COPO[C@@H]3[C@@H](COP(=O)(SCc4ccc(C(=O)c5ccc(O)cc5)cc4)O[C@@H]1[C@@H]2F)OC(n1c(=O)cc[nH]c1=O)[C@@H]3F. The third-order valence-corrected chi connectivity index (χ3v) is 13.5. The molecule has 0 aliphatic carbocycles. The first kappa shape index (κ1) is 38.4. The number of imidazole rings is 1. The highest BCUT2D eigenvalue weighted by Gasteiger charge is 2.53. The summed E-state index contributed by atoms with van der Waals surface area (Å²) in [6, 6.07) is 13.2. The Balaban J connectivity index is 1.09. The molecule has 6 heterocycles. The third kappa shape index (κ3) is 7.54. The molecule has 4 N–H and O–H groups in total. The number of phenolic OH excluding ortho intramolecular Hbond substituents is 1. The largest absolute Gasteiger partial charge is 0.508 e. The Bertz CT molecular complexity index is 2380. The van der Waals surface area contributed by atoms with Crippen LogP contribution in [-0.4, -0.2) is 89.9 Å². The zero-order valence-corrected chi connectivity index (χ0v) is 31.3. The number of nitrogens with zero attached hydrogens (tertiary/aromatic N) is 5. The van der Waals surface area contributed by atoms with Gasteiger partial charge in [0.05, 0.1) is 19.5 Å². The molecule has 3 fully saturated rings. The Morgan fingerprint density at radius 2 is 1.70 bits per heavy atom. The van der Waals surface area contributed by atoms with Crippen molar-refractivity contribution in [3.63, 3.8) is 0 Å². The highest BCUT2D eigenvalue weighted by atomic mass is 32.7. The predicted octanol–water partition coefficient (Wildman–Crippen LogP) is 3.73. The van der Waals surface area contributed by atoms with Gasteiger partial charge in [-0.25, -0.2) is 37.7 Å². The quantitative estimate of drug-likeness (QED) is 0.157. The van der Waals surface area contributed by atoms with Gasteiger partial charge in [-0.2, -0.15) is 0 Å². The molecule has 10 atom stereocenters. The number of carbonyl (C=O) groups is 1. The molecule has 0 radical (unpaired) electrons. The average molecular weight is 834 g/mol. The zero-order chi connectivity index (χ0) is 39.1. The van der Waals surface area contributed by atoms with Crippen molar-refractivity contribution in [3.8, 4) is 5.75 Å². The molecule has 2 bridgehead atoms. The van der Waals surface area contributed by atoms with Gasteiger partial charge in [0.15, 0.2) is 51.1 Å². The lowest BCUT2D eigenvalue weighted by molar-refractivity contribution is -0.0561. The summed E-state index contributed by atoms with van der Waals surface area (Å²) in [4.78, 5) is 52.8. The molecule has 0 amide bonds. The molecule has 294 valence electrons. The maximum atomic E-state index is 16.4. The summed E-state index contributed by atoms with van der Waals surface area (Å²) >= 11 is 0.679. The van der Waals surface area contributed by atoms with E-state index < -0.39 is 89.5 Å². The van der Waals surface area contributed by atoms with Crippen molar-refractivity contribution in [1.29, 1.82) is 0 Å². The molecular formula is C33H31F2N7O11P2S. The van der Waals surface area contributed by atoms with Gasteiger partial charge in [-0.1, -0.05) is 24.3 Å². The second-order valence-electron chi connectivity index (χ2n) is 12.7. The molecule has 3 aromatic heterocycles. The van der Waals surface area contributed by atoms with E-state index in [4.69, 9.17) is 33.3 Å². The normalized spacial score (nSPS) is 30.0. The number of aromatic nitrogens is 6. The molecule has 3 saturated heterocycles. The highest BCUT2D eigenvalue weighted by molar-refractivity contribution is 8.54. The van der Waals surface area contributed by atoms with Crippen LogP contribution >= 0.6 is 27.2 Å². The minimum absolute atomic E-state index is 0.0140. The minimum atomic E-state index is -4.52. The van der Waals surface area contributed by atoms with Crippen molar-refractivity contribution in [2.24, 2.45) is 0 Å². The fraction of sp³-hybridized carbons (Fsp3) is 0.333. The summed E-state index contributed by atoms with van der Waals surface area (Å²) in [5.74, 6) is -0.270. The number of alkyl halides is 2. The van der Waals surface area contributed by atoms with Crippen molar-refractivity contribution in [2.45, 2.75) is 55.0 Å². The Morgan fingerprint density at radius 3 is 2.45 bits per heavy atom. The monoisotopic (exact) mass is 833 g/mol. The number of nitrogen functional groups attached to an aromatic ring is 1. The summed E-state index contributed by atoms with van der Waals surface area (Å²) in [5.41, 5.74) is 5.85. The van der Waals surface area contributed by atoms with E-state index in [9.17, 15) is 24.1 Å². The predicted molar refractivity (Wildman–Crippen MR) is 196 cm³/mol. The number of ketones is 1. The van der Waals surface area contributed by atoms with E-state index in [-0.39, 0.29) is 34.3 Å². The second kappa shape index (κ2) is 15.8. The lowest BCUT2D eigenvalue weighted by Gasteiger charge is -2.27. The number of anilines is 1. The smallest absolute Gasteiger partial charge is 0.390 e. The first-order valence-corrected chi connectivity index (χ1v) is 20.8. The number of halogens is 2. The van der Waals surface area contributed by atoms with Gasteiger partial charge in [-0.05, 0) is 41.2 Å². The summed E-state index contributed by atoms with van der Waals surface area (Å²) in [6.07, 6.45) is -9.32. The Hall–Kier alpha value is -4.43. The number of carbonyl (C=O) groups excluding carboxylic acids is 1. The van der Waals surface area contributed by atoms with Crippen LogP contribution in [0.4, 0.5) is 14.6 Å². The first-order valence-electron chi connectivity index (χ1n) is 16.8. The summed E-state index contributed by atoms with van der Waals surface area (Å²) in [5, 5.41) is 9.57. The van der Waals surface area contributed by atoms with Gasteiger partial charge in [-0.15, -0.1) is 0 Å². The van der Waals surface area contributed by atoms with Gasteiger partial charge in [-0.3, -0.25) is 23.2 Å². The molecule has 3 aliphatic heterocycles. The van der Waals surface area contributed by atoms with Crippen LogP contribution in [0.3, 0.4) is 0 Å². The zero-order valence-electron chi connectivity index (χ0n) is 28.6. The van der Waals surface area contributed by atoms with Gasteiger partial charge in [0.1, 0.15) is 42.0 Å². The van der Waals surface area contributed by atoms with E-state index in [0.717, 1.165) is 12.3 Å². The summed E-state index contributed by atoms with van der Waals surface area (Å²) < 4.78 is 84.3. The Morgan fingerprint density at radius 1 is 0.964 bits per heavy atom. The summed E-state index contributed by atoms with van der Waals surface area (Å²) in [6.45, 7) is -5.59. The van der Waals surface area contributed by atoms with Crippen LogP contribution in [0.25, 0.3) is 11.2 Å². The number of ether oxygens (including phenoxy) is 2. The molecule has 0 saturated carbocycles. The van der Waals surface area contributed by atoms with E-state index in [1.165, 1.54) is 41.5 Å². The molecule has 56 heavy (non-hydrogen) atoms. The number of aromatic hydroxyl groups is 1. The number of rotatable bonds is 7. The van der Waals surface area contributed by atoms with Crippen molar-refractivity contribution in [1.82, 2.24) is 29.1 Å². The fourth-order valence-corrected chi connectivity index (χ4v) is 10.4. The molecule has 0 spiro atoms. The molecule has 3 aliphatic rings. The first-order chi connectivity index (χ1) is 27.0. The number of H-pyrrole nitrogens is 1. The van der Waals surface area contributed by atoms with Crippen LogP contribution in [-0.2, 0) is 37.9 Å². The number of nitrogens with one attached hydrogen (secondary N) is 1. The lowest BCUT2D eigenvalue weighted by Crippen LogP contribution is -2.40. The number of phenols is 1. The number of aromatic amines is 1. The second-order valence-corrected chi connectivity index (χ2v) is 17.4. The topological polar surface area (TPSA) is 234 Å².